The van der Waals surface area contributed by atoms with Gasteiger partial charge in [-0.2, -0.15) is 0 Å². The van der Waals surface area contributed by atoms with Gasteiger partial charge in [-0.15, -0.1) is 11.3 Å². The highest BCUT2D eigenvalue weighted by Crippen LogP contribution is 2.18. The molecule has 1 aromatic carbocycles. The van der Waals surface area contributed by atoms with Gasteiger partial charge in [0.25, 0.3) is 0 Å². The summed E-state index contributed by atoms with van der Waals surface area (Å²) in [5, 5.41) is 4.84. The molecule has 4 nitrogen and oxygen atoms in total. The molecule has 0 saturated heterocycles. The Balaban J connectivity index is 1.92. The fraction of sp³-hybridized carbons (Fsp3) is 0.333. The van der Waals surface area contributed by atoms with Gasteiger partial charge in [0.15, 0.2) is 0 Å². The lowest BCUT2D eigenvalue weighted by Gasteiger charge is -2.22. The van der Waals surface area contributed by atoms with Crippen molar-refractivity contribution < 1.29 is 9.59 Å². The third kappa shape index (κ3) is 5.21. The second-order valence-corrected chi connectivity index (χ2v) is 6.65. The Hall–Kier alpha value is -2.14. The topological polar surface area (TPSA) is 49.4 Å². The van der Waals surface area contributed by atoms with E-state index >= 15 is 0 Å². The van der Waals surface area contributed by atoms with Crippen molar-refractivity contribution in [3.8, 4) is 0 Å². The molecule has 0 fully saturated rings. The van der Waals surface area contributed by atoms with Crippen LogP contribution in [0.5, 0.6) is 0 Å². The fourth-order valence-electron chi connectivity index (χ4n) is 2.52. The number of carbonyl (C=O) groups excluding carboxylic acids is 2. The summed E-state index contributed by atoms with van der Waals surface area (Å²) in [6, 6.07) is 9.93. The average molecular weight is 330 g/mol. The molecule has 2 amide bonds. The van der Waals surface area contributed by atoms with Crippen LogP contribution in [-0.4, -0.2) is 24.9 Å². The number of benzene rings is 1. The van der Waals surface area contributed by atoms with Crippen LogP contribution >= 0.6 is 11.3 Å². The first-order valence-corrected chi connectivity index (χ1v) is 8.49. The summed E-state index contributed by atoms with van der Waals surface area (Å²) >= 11 is 1.57. The van der Waals surface area contributed by atoms with Gasteiger partial charge in [0, 0.05) is 30.6 Å². The Kier molecular flexibility index (Phi) is 5.93. The van der Waals surface area contributed by atoms with Gasteiger partial charge in [-0.1, -0.05) is 12.1 Å². The van der Waals surface area contributed by atoms with Gasteiger partial charge >= 0.3 is 0 Å². The first-order chi connectivity index (χ1) is 11.0. The molecule has 23 heavy (non-hydrogen) atoms. The van der Waals surface area contributed by atoms with Gasteiger partial charge in [-0.05, 0) is 48.6 Å². The van der Waals surface area contributed by atoms with Crippen molar-refractivity contribution in [1.29, 1.82) is 0 Å². The molecule has 1 heterocycles. The fourth-order valence-corrected chi connectivity index (χ4v) is 3.22. The first-order valence-electron chi connectivity index (χ1n) is 7.61. The highest BCUT2D eigenvalue weighted by atomic mass is 32.1. The van der Waals surface area contributed by atoms with Crippen molar-refractivity contribution in [1.82, 2.24) is 5.32 Å². The molecule has 2 aromatic rings. The molecule has 0 atom stereocenters. The van der Waals surface area contributed by atoms with Crippen LogP contribution in [0.15, 0.2) is 35.7 Å². The number of nitrogens with one attached hydrogen (secondary N) is 1. The highest BCUT2D eigenvalue weighted by molar-refractivity contribution is 7.10. The Morgan fingerprint density at radius 3 is 2.43 bits per heavy atom. The largest absolute Gasteiger partial charge is 0.354 e. The molecular formula is C18H22N2O2S. The normalized spacial score (nSPS) is 10.4. The summed E-state index contributed by atoms with van der Waals surface area (Å²) in [6.45, 7) is 6.48. The van der Waals surface area contributed by atoms with E-state index in [-0.39, 0.29) is 11.8 Å². The summed E-state index contributed by atoms with van der Waals surface area (Å²) in [7, 11) is 0. The molecular weight excluding hydrogens is 308 g/mol. The Bertz CT molecular complexity index is 660. The predicted molar refractivity (Wildman–Crippen MR) is 95.0 cm³/mol. The highest BCUT2D eigenvalue weighted by Gasteiger charge is 2.13. The van der Waals surface area contributed by atoms with Crippen molar-refractivity contribution in [3.05, 3.63) is 51.7 Å². The molecule has 1 N–H and O–H groups in total. The predicted octanol–water partition coefficient (Wildman–Crippen LogP) is 3.08. The number of hydrogen-bond donors (Lipinski definition) is 1. The average Bonchev–Trinajstić information content (AvgIpc) is 2.94. The third-order valence-electron chi connectivity index (χ3n) is 3.47. The molecule has 122 valence electrons. The molecule has 5 heteroatoms. The Morgan fingerprint density at radius 2 is 1.87 bits per heavy atom. The van der Waals surface area contributed by atoms with E-state index in [9.17, 15) is 9.59 Å². The van der Waals surface area contributed by atoms with Crippen LogP contribution in [-0.2, 0) is 16.0 Å². The SMILES string of the molecule is CC(=O)N(CCNC(=O)Cc1cccs1)c1cc(C)cc(C)c1. The van der Waals surface area contributed by atoms with Crippen LogP contribution in [0.2, 0.25) is 0 Å². The number of hydrogen-bond acceptors (Lipinski definition) is 3. The molecule has 0 unspecified atom stereocenters. The van der Waals surface area contributed by atoms with Crippen LogP contribution < -0.4 is 10.2 Å². The van der Waals surface area contributed by atoms with E-state index in [1.54, 1.807) is 23.2 Å². The van der Waals surface area contributed by atoms with Crippen molar-refractivity contribution in [2.75, 3.05) is 18.0 Å². The van der Waals surface area contributed by atoms with Crippen molar-refractivity contribution in [3.63, 3.8) is 0 Å². The number of carbonyl (C=O) groups is 2. The molecule has 0 spiro atoms. The Morgan fingerprint density at radius 1 is 1.17 bits per heavy atom. The maximum atomic E-state index is 11.9. The minimum atomic E-state index is -0.0255. The van der Waals surface area contributed by atoms with Crippen LogP contribution in [0, 0.1) is 13.8 Å². The number of anilines is 1. The number of rotatable bonds is 6. The van der Waals surface area contributed by atoms with E-state index in [1.165, 1.54) is 0 Å². The molecule has 0 aliphatic carbocycles. The molecule has 2 rings (SSSR count). The van der Waals surface area contributed by atoms with E-state index in [0.29, 0.717) is 19.5 Å². The molecule has 0 aliphatic heterocycles. The summed E-state index contributed by atoms with van der Waals surface area (Å²) < 4.78 is 0. The summed E-state index contributed by atoms with van der Waals surface area (Å²) in [5.41, 5.74) is 3.11. The van der Waals surface area contributed by atoms with Crippen LogP contribution in [0.4, 0.5) is 5.69 Å². The second kappa shape index (κ2) is 7.92. The number of thiophene rings is 1. The third-order valence-corrected chi connectivity index (χ3v) is 4.35. The summed E-state index contributed by atoms with van der Waals surface area (Å²) in [5.74, 6) is -0.0427. The van der Waals surface area contributed by atoms with E-state index in [2.05, 4.69) is 11.4 Å². The van der Waals surface area contributed by atoms with Crippen LogP contribution in [0.1, 0.15) is 22.9 Å². The lowest BCUT2D eigenvalue weighted by atomic mass is 10.1. The minimum absolute atomic E-state index is 0.0172. The first kappa shape index (κ1) is 17.2. The summed E-state index contributed by atoms with van der Waals surface area (Å²) in [6.07, 6.45) is 0.390. The van der Waals surface area contributed by atoms with Crippen LogP contribution in [0.3, 0.4) is 0 Å². The molecule has 0 bridgehead atoms. The van der Waals surface area contributed by atoms with Gasteiger partial charge in [-0.25, -0.2) is 0 Å². The maximum absolute atomic E-state index is 11.9. The lowest BCUT2D eigenvalue weighted by molar-refractivity contribution is -0.120. The molecule has 0 saturated carbocycles. The molecule has 0 radical (unpaired) electrons. The lowest BCUT2D eigenvalue weighted by Crippen LogP contribution is -2.38. The standard InChI is InChI=1S/C18H22N2O2S/c1-13-9-14(2)11-16(10-13)20(15(3)21)7-6-19-18(22)12-17-5-4-8-23-17/h4-5,8-11H,6-7,12H2,1-3H3,(H,19,22). The molecule has 1 aromatic heterocycles. The zero-order chi connectivity index (χ0) is 16.8. The van der Waals surface area contributed by atoms with E-state index in [1.807, 2.05) is 43.5 Å². The van der Waals surface area contributed by atoms with Crippen LogP contribution in [0.25, 0.3) is 0 Å². The van der Waals surface area contributed by atoms with E-state index in [0.717, 1.165) is 21.7 Å². The van der Waals surface area contributed by atoms with Crippen molar-refractivity contribution in [2.24, 2.45) is 0 Å². The smallest absolute Gasteiger partial charge is 0.225 e. The zero-order valence-electron chi connectivity index (χ0n) is 13.8. The number of nitrogens with zero attached hydrogens (tertiary/aromatic N) is 1. The summed E-state index contributed by atoms with van der Waals surface area (Å²) in [4.78, 5) is 26.6. The monoisotopic (exact) mass is 330 g/mol. The minimum Gasteiger partial charge on any atom is -0.354 e. The van der Waals surface area contributed by atoms with E-state index < -0.39 is 0 Å². The number of aryl methyl sites for hydroxylation is 2. The number of amides is 2. The maximum Gasteiger partial charge on any atom is 0.225 e. The zero-order valence-corrected chi connectivity index (χ0v) is 14.6. The van der Waals surface area contributed by atoms with Crippen molar-refractivity contribution >= 4 is 28.8 Å². The van der Waals surface area contributed by atoms with Gasteiger partial charge in [0.05, 0.1) is 6.42 Å². The van der Waals surface area contributed by atoms with E-state index in [4.69, 9.17) is 0 Å². The van der Waals surface area contributed by atoms with Gasteiger partial charge in [0.2, 0.25) is 11.8 Å². The quantitative estimate of drug-likeness (QED) is 0.885. The van der Waals surface area contributed by atoms with Crippen molar-refractivity contribution in [2.45, 2.75) is 27.2 Å². The van der Waals surface area contributed by atoms with Gasteiger partial charge < -0.3 is 10.2 Å². The second-order valence-electron chi connectivity index (χ2n) is 5.62. The Labute approximate surface area is 141 Å². The van der Waals surface area contributed by atoms with Gasteiger partial charge in [0.1, 0.15) is 0 Å². The van der Waals surface area contributed by atoms with Gasteiger partial charge in [-0.3, -0.25) is 9.59 Å². The molecule has 0 aliphatic rings.